The number of benzene rings is 1. The summed E-state index contributed by atoms with van der Waals surface area (Å²) < 4.78 is 5.61. The highest BCUT2D eigenvalue weighted by Crippen LogP contribution is 2.31. The van der Waals surface area contributed by atoms with E-state index in [1.54, 1.807) is 18.3 Å². The second kappa shape index (κ2) is 4.59. The second-order valence-corrected chi connectivity index (χ2v) is 4.90. The number of rotatable bonds is 2. The van der Waals surface area contributed by atoms with Crippen molar-refractivity contribution in [2.24, 2.45) is 0 Å². The van der Waals surface area contributed by atoms with E-state index in [0.29, 0.717) is 22.9 Å². The lowest BCUT2D eigenvalue weighted by molar-refractivity contribution is -0.122. The lowest BCUT2D eigenvalue weighted by Gasteiger charge is -2.10. The van der Waals surface area contributed by atoms with Crippen LogP contribution in [-0.4, -0.2) is 22.2 Å². The highest BCUT2D eigenvalue weighted by Gasteiger charge is 2.29. The van der Waals surface area contributed by atoms with E-state index in [1.807, 2.05) is 13.0 Å². The molecule has 0 fully saturated rings. The van der Waals surface area contributed by atoms with Crippen LogP contribution in [0.1, 0.15) is 11.3 Å². The predicted molar refractivity (Wildman–Crippen MR) is 71.5 cm³/mol. The lowest BCUT2D eigenvalue weighted by Crippen LogP contribution is -2.31. The van der Waals surface area contributed by atoms with E-state index < -0.39 is 6.10 Å². The number of hydrogen-bond acceptors (Lipinski definition) is 3. The van der Waals surface area contributed by atoms with Gasteiger partial charge < -0.3 is 10.1 Å². The molecule has 1 aromatic carbocycles. The van der Waals surface area contributed by atoms with Gasteiger partial charge in [0, 0.05) is 11.4 Å². The maximum Gasteiger partial charge on any atom is 0.265 e. The van der Waals surface area contributed by atoms with Gasteiger partial charge in [0.15, 0.2) is 6.10 Å². The molecule has 1 aliphatic heterocycles. The number of carbonyl (C=O) groups excluding carboxylic acids is 1. The Morgan fingerprint density at radius 1 is 1.58 bits per heavy atom. The van der Waals surface area contributed by atoms with E-state index in [0.717, 1.165) is 11.3 Å². The van der Waals surface area contributed by atoms with Crippen LogP contribution in [0.15, 0.2) is 24.4 Å². The van der Waals surface area contributed by atoms with E-state index in [1.165, 1.54) is 0 Å². The third-order valence-corrected chi connectivity index (χ3v) is 3.31. The summed E-state index contributed by atoms with van der Waals surface area (Å²) in [6, 6.07) is 5.36. The number of hydrogen-bond donors (Lipinski definition) is 2. The van der Waals surface area contributed by atoms with Gasteiger partial charge >= 0.3 is 0 Å². The molecule has 0 unspecified atom stereocenters. The third-order valence-electron chi connectivity index (χ3n) is 3.08. The molecule has 98 valence electrons. The van der Waals surface area contributed by atoms with Crippen LogP contribution in [0.3, 0.4) is 0 Å². The van der Waals surface area contributed by atoms with Gasteiger partial charge in [0.05, 0.1) is 17.6 Å². The minimum atomic E-state index is -0.525. The van der Waals surface area contributed by atoms with Gasteiger partial charge in [-0.2, -0.15) is 5.10 Å². The molecule has 0 bridgehead atoms. The second-order valence-electron chi connectivity index (χ2n) is 4.46. The molecule has 1 aromatic heterocycles. The summed E-state index contributed by atoms with van der Waals surface area (Å²) in [5.74, 6) is 0.533. The molecule has 2 heterocycles. The van der Waals surface area contributed by atoms with Crippen LogP contribution in [-0.2, 0) is 11.2 Å². The molecule has 0 saturated carbocycles. The number of aryl methyl sites for hydroxylation is 1. The number of H-pyrrole nitrogens is 1. The lowest BCUT2D eigenvalue weighted by atomic mass is 10.1. The van der Waals surface area contributed by atoms with Crippen molar-refractivity contribution in [1.29, 1.82) is 0 Å². The Kier molecular flexibility index (Phi) is 2.91. The molecule has 2 N–H and O–H groups in total. The smallest absolute Gasteiger partial charge is 0.265 e. The predicted octanol–water partition coefficient (Wildman–Crippen LogP) is 2.31. The van der Waals surface area contributed by atoms with E-state index >= 15 is 0 Å². The van der Waals surface area contributed by atoms with Gasteiger partial charge in [0.25, 0.3) is 5.91 Å². The van der Waals surface area contributed by atoms with Gasteiger partial charge in [-0.25, -0.2) is 0 Å². The van der Waals surface area contributed by atoms with Crippen molar-refractivity contribution in [3.05, 3.63) is 40.7 Å². The average Bonchev–Trinajstić information content (AvgIpc) is 2.96. The number of ether oxygens (including phenoxy) is 1. The highest BCUT2D eigenvalue weighted by atomic mass is 35.5. The first-order valence-corrected chi connectivity index (χ1v) is 6.27. The number of halogens is 1. The Hall–Kier alpha value is -2.01. The summed E-state index contributed by atoms with van der Waals surface area (Å²) in [4.78, 5) is 12.1. The maximum atomic E-state index is 12.1. The van der Waals surface area contributed by atoms with Gasteiger partial charge in [-0.1, -0.05) is 11.6 Å². The SMILES string of the molecule is Cc1[nH]ncc1NC(=O)[C@@H]1Cc2cc(Cl)ccc2O1. The highest BCUT2D eigenvalue weighted by molar-refractivity contribution is 6.30. The summed E-state index contributed by atoms with van der Waals surface area (Å²) >= 11 is 5.92. The minimum absolute atomic E-state index is 0.183. The van der Waals surface area contributed by atoms with Crippen molar-refractivity contribution in [2.75, 3.05) is 5.32 Å². The van der Waals surface area contributed by atoms with Gasteiger partial charge in [-0.3, -0.25) is 9.89 Å². The summed E-state index contributed by atoms with van der Waals surface area (Å²) in [5.41, 5.74) is 2.44. The fraction of sp³-hybridized carbons (Fsp3) is 0.231. The Balaban J connectivity index is 1.72. The molecule has 6 heteroatoms. The van der Waals surface area contributed by atoms with Crippen LogP contribution < -0.4 is 10.1 Å². The van der Waals surface area contributed by atoms with Crippen LogP contribution >= 0.6 is 11.6 Å². The number of carbonyl (C=O) groups is 1. The molecule has 0 aliphatic carbocycles. The fourth-order valence-electron chi connectivity index (χ4n) is 2.05. The Morgan fingerprint density at radius 3 is 3.16 bits per heavy atom. The fourth-order valence-corrected chi connectivity index (χ4v) is 2.25. The van der Waals surface area contributed by atoms with Gasteiger partial charge in [0.1, 0.15) is 5.75 Å². The molecule has 2 aromatic rings. The molecular weight excluding hydrogens is 266 g/mol. The number of anilines is 1. The number of nitrogens with one attached hydrogen (secondary N) is 2. The van der Waals surface area contributed by atoms with E-state index in [2.05, 4.69) is 15.5 Å². The number of fused-ring (bicyclic) bond motifs is 1. The first-order chi connectivity index (χ1) is 9.13. The maximum absolute atomic E-state index is 12.1. The normalized spacial score (nSPS) is 16.8. The topological polar surface area (TPSA) is 67.0 Å². The molecule has 5 nitrogen and oxygen atoms in total. The van der Waals surface area contributed by atoms with Crippen molar-refractivity contribution in [1.82, 2.24) is 10.2 Å². The van der Waals surface area contributed by atoms with E-state index in [-0.39, 0.29) is 5.91 Å². The van der Waals surface area contributed by atoms with Crippen LogP contribution in [0.4, 0.5) is 5.69 Å². The summed E-state index contributed by atoms with van der Waals surface area (Å²) in [6.07, 6.45) is 1.58. The largest absolute Gasteiger partial charge is 0.480 e. The Labute approximate surface area is 114 Å². The summed E-state index contributed by atoms with van der Waals surface area (Å²) in [7, 11) is 0. The zero-order valence-electron chi connectivity index (χ0n) is 10.2. The van der Waals surface area contributed by atoms with Crippen molar-refractivity contribution in [3.63, 3.8) is 0 Å². The van der Waals surface area contributed by atoms with Crippen LogP contribution in [0.5, 0.6) is 5.75 Å². The van der Waals surface area contributed by atoms with Crippen molar-refractivity contribution >= 4 is 23.2 Å². The molecule has 1 atom stereocenters. The Morgan fingerprint density at radius 2 is 2.42 bits per heavy atom. The number of amides is 1. The molecule has 1 aliphatic rings. The zero-order valence-corrected chi connectivity index (χ0v) is 11.0. The number of nitrogens with zero attached hydrogens (tertiary/aromatic N) is 1. The van der Waals surface area contributed by atoms with Gasteiger partial charge in [-0.15, -0.1) is 0 Å². The first-order valence-electron chi connectivity index (χ1n) is 5.89. The van der Waals surface area contributed by atoms with Crippen molar-refractivity contribution < 1.29 is 9.53 Å². The first kappa shape index (κ1) is 12.0. The molecule has 19 heavy (non-hydrogen) atoms. The van der Waals surface area contributed by atoms with Crippen molar-refractivity contribution in [2.45, 2.75) is 19.4 Å². The van der Waals surface area contributed by atoms with Crippen LogP contribution in [0.2, 0.25) is 5.02 Å². The molecule has 1 amide bonds. The number of aromatic nitrogens is 2. The Bertz CT molecular complexity index is 639. The molecule has 3 rings (SSSR count). The van der Waals surface area contributed by atoms with Gasteiger partial charge in [-0.05, 0) is 30.7 Å². The van der Waals surface area contributed by atoms with Crippen LogP contribution in [0, 0.1) is 6.92 Å². The number of aromatic amines is 1. The van der Waals surface area contributed by atoms with E-state index in [4.69, 9.17) is 16.3 Å². The molecule has 0 radical (unpaired) electrons. The monoisotopic (exact) mass is 277 g/mol. The standard InChI is InChI=1S/C13H12ClN3O2/c1-7-10(6-15-17-7)16-13(18)12-5-8-4-9(14)2-3-11(8)19-12/h2-4,6,12H,5H2,1H3,(H,15,17)(H,16,18)/t12-/m0/s1. The van der Waals surface area contributed by atoms with Gasteiger partial charge in [0.2, 0.25) is 0 Å². The molecular formula is C13H12ClN3O2. The quantitative estimate of drug-likeness (QED) is 0.885. The summed E-state index contributed by atoms with van der Waals surface area (Å²) in [6.45, 7) is 1.84. The zero-order chi connectivity index (χ0) is 13.4. The molecule has 0 saturated heterocycles. The third kappa shape index (κ3) is 2.29. The van der Waals surface area contributed by atoms with E-state index in [9.17, 15) is 4.79 Å². The molecule has 0 spiro atoms. The van der Waals surface area contributed by atoms with Crippen LogP contribution in [0.25, 0.3) is 0 Å². The van der Waals surface area contributed by atoms with Crippen molar-refractivity contribution in [3.8, 4) is 5.75 Å². The average molecular weight is 278 g/mol. The summed E-state index contributed by atoms with van der Waals surface area (Å²) in [5, 5.41) is 10.1. The minimum Gasteiger partial charge on any atom is -0.480 e.